The number of carbonyl (C=O) groups excluding carboxylic acids is 1. The molecule has 1 aliphatic heterocycles. The lowest BCUT2D eigenvalue weighted by Crippen LogP contribution is -2.29. The molecule has 0 spiro atoms. The van der Waals surface area contributed by atoms with Crippen molar-refractivity contribution in [3.63, 3.8) is 0 Å². The average Bonchev–Trinajstić information content (AvgIpc) is 3.21. The summed E-state index contributed by atoms with van der Waals surface area (Å²) in [5.41, 5.74) is 7.06. The molecular weight excluding hydrogens is 386 g/mol. The first-order valence-electron chi connectivity index (χ1n) is 7.66. The number of alkyl halides is 2. The van der Waals surface area contributed by atoms with Crippen LogP contribution in [0.25, 0.3) is 0 Å². The summed E-state index contributed by atoms with van der Waals surface area (Å²) in [7, 11) is 0. The zero-order valence-corrected chi connectivity index (χ0v) is 15.8. The van der Waals surface area contributed by atoms with Gasteiger partial charge in [0.05, 0.1) is 0 Å². The summed E-state index contributed by atoms with van der Waals surface area (Å²) in [5, 5.41) is 1.68. The number of nitrogens with two attached hydrogens (primary N) is 1. The van der Waals surface area contributed by atoms with E-state index >= 15 is 0 Å². The van der Waals surface area contributed by atoms with E-state index in [0.29, 0.717) is 41.2 Å². The van der Waals surface area contributed by atoms with Crippen molar-refractivity contribution < 1.29 is 13.6 Å². The Kier molecular flexibility index (Phi) is 7.25. The number of likely N-dealkylation sites (tertiary alicyclic amines) is 1. The van der Waals surface area contributed by atoms with Crippen molar-refractivity contribution in [2.24, 2.45) is 11.7 Å². The Labute approximate surface area is 160 Å². The van der Waals surface area contributed by atoms with Crippen molar-refractivity contribution >= 4 is 41.4 Å². The predicted octanol–water partition coefficient (Wildman–Crippen LogP) is 4.30. The van der Waals surface area contributed by atoms with Gasteiger partial charge in [0.1, 0.15) is 4.88 Å². The number of carbonyl (C=O) groups is 1. The summed E-state index contributed by atoms with van der Waals surface area (Å²) in [6.45, 7) is 1.62. The standard InChI is InChI=1S/C17H18F2N2OS2.ClH/c18-17(19)24-14-6-7-23-15(14)16(22)21-9-12(8-20)13(10-21)11-4-2-1-3-5-11;/h1-7,12-13,17H,8-10,20H2;1H/t12-,13+;/m1./s1. The minimum atomic E-state index is -2.53. The third kappa shape index (κ3) is 4.53. The summed E-state index contributed by atoms with van der Waals surface area (Å²) in [6, 6.07) is 11.6. The Bertz CT molecular complexity index is 699. The van der Waals surface area contributed by atoms with Crippen LogP contribution in [0.5, 0.6) is 0 Å². The Morgan fingerprint density at radius 2 is 2.00 bits per heavy atom. The summed E-state index contributed by atoms with van der Waals surface area (Å²) < 4.78 is 25.3. The zero-order chi connectivity index (χ0) is 17.1. The molecule has 1 aliphatic rings. The SMILES string of the molecule is Cl.NC[C@@H]1CN(C(=O)c2sccc2SC(F)F)C[C@H]1c1ccccc1. The van der Waals surface area contributed by atoms with Crippen LogP contribution in [0, 0.1) is 5.92 Å². The van der Waals surface area contributed by atoms with Crippen LogP contribution in [-0.2, 0) is 0 Å². The van der Waals surface area contributed by atoms with Crippen molar-refractivity contribution in [1.82, 2.24) is 4.90 Å². The lowest BCUT2D eigenvalue weighted by molar-refractivity contribution is 0.0788. The molecule has 1 amide bonds. The number of benzene rings is 1. The summed E-state index contributed by atoms with van der Waals surface area (Å²) in [5.74, 6) is -2.34. The maximum atomic E-state index is 12.8. The van der Waals surface area contributed by atoms with E-state index in [-0.39, 0.29) is 30.2 Å². The Balaban J connectivity index is 0.00000225. The molecule has 2 aromatic rings. The maximum Gasteiger partial charge on any atom is 0.288 e. The van der Waals surface area contributed by atoms with E-state index in [1.807, 2.05) is 30.3 Å². The van der Waals surface area contributed by atoms with Crippen LogP contribution in [0.15, 0.2) is 46.7 Å². The van der Waals surface area contributed by atoms with Gasteiger partial charge in [-0.2, -0.15) is 8.78 Å². The van der Waals surface area contributed by atoms with E-state index in [1.165, 1.54) is 11.3 Å². The molecule has 1 aromatic carbocycles. The third-order valence-electron chi connectivity index (χ3n) is 4.30. The van der Waals surface area contributed by atoms with E-state index in [1.54, 1.807) is 16.3 Å². The Morgan fingerprint density at radius 3 is 2.64 bits per heavy atom. The molecule has 0 radical (unpaired) electrons. The molecule has 2 atom stereocenters. The Hall–Kier alpha value is -1.15. The first-order chi connectivity index (χ1) is 11.6. The van der Waals surface area contributed by atoms with Crippen molar-refractivity contribution in [2.45, 2.75) is 16.6 Å². The van der Waals surface area contributed by atoms with Gasteiger partial charge in [-0.3, -0.25) is 4.79 Å². The summed E-state index contributed by atoms with van der Waals surface area (Å²) in [4.78, 5) is 15.3. The highest BCUT2D eigenvalue weighted by Gasteiger charge is 2.36. The third-order valence-corrected chi connectivity index (χ3v) is 6.10. The molecule has 3 rings (SSSR count). The molecule has 1 fully saturated rings. The van der Waals surface area contributed by atoms with E-state index in [0.717, 1.165) is 5.56 Å². The van der Waals surface area contributed by atoms with Gasteiger partial charge >= 0.3 is 0 Å². The number of hydrogen-bond acceptors (Lipinski definition) is 4. The van der Waals surface area contributed by atoms with Crippen LogP contribution in [0.3, 0.4) is 0 Å². The smallest absolute Gasteiger partial charge is 0.288 e. The molecule has 0 bridgehead atoms. The van der Waals surface area contributed by atoms with Gasteiger partial charge in [0.15, 0.2) is 0 Å². The van der Waals surface area contributed by atoms with Gasteiger partial charge in [-0.1, -0.05) is 42.1 Å². The lowest BCUT2D eigenvalue weighted by atomic mass is 9.89. The topological polar surface area (TPSA) is 46.3 Å². The van der Waals surface area contributed by atoms with Crippen LogP contribution < -0.4 is 5.73 Å². The molecule has 2 N–H and O–H groups in total. The molecule has 0 unspecified atom stereocenters. The van der Waals surface area contributed by atoms with Crippen molar-refractivity contribution in [3.8, 4) is 0 Å². The van der Waals surface area contributed by atoms with Gasteiger partial charge in [0.2, 0.25) is 0 Å². The van der Waals surface area contributed by atoms with Gasteiger partial charge in [-0.05, 0) is 29.5 Å². The quantitative estimate of drug-likeness (QED) is 0.756. The molecule has 3 nitrogen and oxygen atoms in total. The molecule has 8 heteroatoms. The van der Waals surface area contributed by atoms with Crippen LogP contribution in [0.2, 0.25) is 0 Å². The second-order valence-corrected chi connectivity index (χ2v) is 7.66. The average molecular weight is 405 g/mol. The normalized spacial score (nSPS) is 19.9. The fourth-order valence-electron chi connectivity index (χ4n) is 3.14. The van der Waals surface area contributed by atoms with Gasteiger partial charge < -0.3 is 10.6 Å². The number of rotatable bonds is 5. The highest BCUT2D eigenvalue weighted by atomic mass is 35.5. The number of amides is 1. The lowest BCUT2D eigenvalue weighted by Gasteiger charge is -2.17. The van der Waals surface area contributed by atoms with Crippen LogP contribution >= 0.6 is 35.5 Å². The van der Waals surface area contributed by atoms with Crippen LogP contribution in [0.4, 0.5) is 8.78 Å². The van der Waals surface area contributed by atoms with Crippen molar-refractivity contribution in [1.29, 1.82) is 0 Å². The maximum absolute atomic E-state index is 12.8. The molecule has 25 heavy (non-hydrogen) atoms. The minimum absolute atomic E-state index is 0. The number of thiophene rings is 1. The highest BCUT2D eigenvalue weighted by molar-refractivity contribution is 7.99. The molecular formula is C17H19ClF2N2OS2. The van der Waals surface area contributed by atoms with Gasteiger partial charge in [0, 0.05) is 23.9 Å². The number of halogens is 3. The van der Waals surface area contributed by atoms with Crippen molar-refractivity contribution in [2.75, 3.05) is 19.6 Å². The van der Waals surface area contributed by atoms with Gasteiger partial charge in [0.25, 0.3) is 11.7 Å². The first kappa shape index (κ1) is 20.2. The van der Waals surface area contributed by atoms with E-state index in [4.69, 9.17) is 5.73 Å². The fraction of sp³-hybridized carbons (Fsp3) is 0.353. The second kappa shape index (κ2) is 8.98. The molecule has 0 saturated carbocycles. The van der Waals surface area contributed by atoms with Gasteiger partial charge in [-0.15, -0.1) is 23.7 Å². The summed E-state index contributed by atoms with van der Waals surface area (Å²) >= 11 is 1.64. The zero-order valence-electron chi connectivity index (χ0n) is 13.3. The Morgan fingerprint density at radius 1 is 1.28 bits per heavy atom. The van der Waals surface area contributed by atoms with Gasteiger partial charge in [-0.25, -0.2) is 0 Å². The van der Waals surface area contributed by atoms with Crippen LogP contribution in [0.1, 0.15) is 21.2 Å². The molecule has 2 heterocycles. The molecule has 1 saturated heterocycles. The number of hydrogen-bond donors (Lipinski definition) is 1. The number of nitrogens with zero attached hydrogens (tertiary/aromatic N) is 1. The predicted molar refractivity (Wildman–Crippen MR) is 101 cm³/mol. The van der Waals surface area contributed by atoms with E-state index in [9.17, 15) is 13.6 Å². The largest absolute Gasteiger partial charge is 0.337 e. The minimum Gasteiger partial charge on any atom is -0.337 e. The molecule has 1 aromatic heterocycles. The molecule has 136 valence electrons. The monoisotopic (exact) mass is 404 g/mol. The van der Waals surface area contributed by atoms with Crippen molar-refractivity contribution in [3.05, 3.63) is 52.2 Å². The first-order valence-corrected chi connectivity index (χ1v) is 9.42. The second-order valence-electron chi connectivity index (χ2n) is 5.72. The van der Waals surface area contributed by atoms with Crippen LogP contribution in [-0.4, -0.2) is 36.2 Å². The van der Waals surface area contributed by atoms with E-state index in [2.05, 4.69) is 0 Å². The summed E-state index contributed by atoms with van der Waals surface area (Å²) in [6.07, 6.45) is 0. The fourth-order valence-corrected chi connectivity index (χ4v) is 4.80. The van der Waals surface area contributed by atoms with E-state index < -0.39 is 5.76 Å². The highest BCUT2D eigenvalue weighted by Crippen LogP contribution is 2.36. The number of thioether (sulfide) groups is 1. The molecule has 0 aliphatic carbocycles.